The molecule has 200 valence electrons. The van der Waals surface area contributed by atoms with Crippen molar-refractivity contribution in [3.63, 3.8) is 0 Å². The molecule has 0 N–H and O–H groups in total. The normalized spacial score (nSPS) is 17.8. The lowest BCUT2D eigenvalue weighted by molar-refractivity contribution is -0.129. The van der Waals surface area contributed by atoms with Gasteiger partial charge in [-0.2, -0.15) is 0 Å². The Hall–Kier alpha value is -3.48. The Labute approximate surface area is 223 Å². The number of hydrogen-bond donors (Lipinski definition) is 0. The molecule has 5 rings (SSSR count). The third-order valence-corrected chi connectivity index (χ3v) is 8.49. The molecule has 0 atom stereocenters. The predicted octanol–water partition coefficient (Wildman–Crippen LogP) is 5.30. The molecule has 2 fully saturated rings. The molecule has 0 radical (unpaired) electrons. The number of amides is 2. The smallest absolute Gasteiger partial charge is 0.295 e. The fraction of sp³-hybridized carbons (Fsp3) is 0.452. The topological polar surface area (TPSA) is 62.6 Å². The number of carbonyl (C=O) groups is 3. The van der Waals surface area contributed by atoms with Gasteiger partial charge in [0.15, 0.2) is 0 Å². The average Bonchev–Trinajstić information content (AvgIpc) is 3.42. The van der Waals surface area contributed by atoms with Crippen molar-refractivity contribution >= 4 is 28.5 Å². The van der Waals surface area contributed by atoms with E-state index < -0.39 is 11.7 Å². The molecule has 3 heterocycles. The highest BCUT2D eigenvalue weighted by molar-refractivity contribution is 6.45. The first kappa shape index (κ1) is 26.1. The Bertz CT molecular complexity index is 1400. The number of piperidine rings is 1. The molecule has 2 amide bonds. The third kappa shape index (κ3) is 4.86. The number of Topliss-reactive ketones (excluding diaryl/α,β-unsaturated/α-hetero) is 1. The quantitative estimate of drug-likeness (QED) is 0.341. The summed E-state index contributed by atoms with van der Waals surface area (Å²) in [6.07, 6.45) is 6.13. The number of nitrogens with zero attached hydrogens (tertiary/aromatic N) is 3. The number of likely N-dealkylation sites (tertiary alicyclic amines) is 2. The first-order chi connectivity index (χ1) is 18.0. The Balaban J connectivity index is 1.34. The van der Waals surface area contributed by atoms with Crippen LogP contribution in [0.4, 0.5) is 4.39 Å². The summed E-state index contributed by atoms with van der Waals surface area (Å²) in [6, 6.07) is 10.4. The van der Waals surface area contributed by atoms with E-state index in [9.17, 15) is 18.8 Å². The van der Waals surface area contributed by atoms with Crippen molar-refractivity contribution in [2.45, 2.75) is 58.4 Å². The van der Waals surface area contributed by atoms with E-state index in [1.807, 2.05) is 55.5 Å². The second-order valence-corrected chi connectivity index (χ2v) is 11.6. The van der Waals surface area contributed by atoms with E-state index in [-0.39, 0.29) is 17.3 Å². The number of hydrogen-bond acceptors (Lipinski definition) is 3. The zero-order valence-electron chi connectivity index (χ0n) is 22.7. The molecular weight excluding hydrogens is 481 g/mol. The number of aromatic nitrogens is 1. The Morgan fingerprint density at radius 1 is 1.00 bits per heavy atom. The van der Waals surface area contributed by atoms with Crippen LogP contribution < -0.4 is 0 Å². The minimum atomic E-state index is -0.519. The van der Waals surface area contributed by atoms with Crippen LogP contribution in [0.3, 0.4) is 0 Å². The Morgan fingerprint density at radius 2 is 1.68 bits per heavy atom. The fourth-order valence-corrected chi connectivity index (χ4v) is 6.13. The molecule has 0 saturated carbocycles. The summed E-state index contributed by atoms with van der Waals surface area (Å²) >= 11 is 0. The number of rotatable bonds is 5. The molecule has 0 aliphatic carbocycles. The van der Waals surface area contributed by atoms with Gasteiger partial charge in [0.1, 0.15) is 5.82 Å². The first-order valence-corrected chi connectivity index (χ1v) is 13.5. The maximum atomic E-state index is 13.6. The maximum absolute atomic E-state index is 13.6. The molecule has 2 aliphatic rings. The highest BCUT2D eigenvalue weighted by Gasteiger charge is 2.39. The van der Waals surface area contributed by atoms with Crippen LogP contribution in [0, 0.1) is 18.7 Å². The number of fused-ring (bicyclic) bond motifs is 1. The molecule has 1 aromatic heterocycles. The lowest BCUT2D eigenvalue weighted by atomic mass is 9.89. The number of aryl methyl sites for hydroxylation is 2. The van der Waals surface area contributed by atoms with Gasteiger partial charge in [-0.1, -0.05) is 12.1 Å². The Morgan fingerprint density at radius 3 is 2.32 bits per heavy atom. The van der Waals surface area contributed by atoms with Crippen molar-refractivity contribution in [3.05, 3.63) is 70.7 Å². The third-order valence-electron chi connectivity index (χ3n) is 8.49. The SMILES string of the molecule is Cc1cc2c(cc1C(=O)N1CCC(Cc3ccc(F)cc3)CC1)c(C(=O)C(=O)N1CCCC1(C)C)cn2C. The molecule has 0 unspecified atom stereocenters. The molecule has 2 saturated heterocycles. The summed E-state index contributed by atoms with van der Waals surface area (Å²) in [6.45, 7) is 7.81. The number of carbonyl (C=O) groups excluding carboxylic acids is 3. The summed E-state index contributed by atoms with van der Waals surface area (Å²) in [5.74, 6) is -0.814. The lowest BCUT2D eigenvalue weighted by Gasteiger charge is -2.32. The minimum Gasteiger partial charge on any atom is -0.350 e. The lowest BCUT2D eigenvalue weighted by Crippen LogP contribution is -2.45. The van der Waals surface area contributed by atoms with Gasteiger partial charge < -0.3 is 14.4 Å². The largest absolute Gasteiger partial charge is 0.350 e. The molecule has 2 aromatic carbocycles. The van der Waals surface area contributed by atoms with Crippen molar-refractivity contribution < 1.29 is 18.8 Å². The number of halogens is 1. The van der Waals surface area contributed by atoms with E-state index in [0.717, 1.165) is 48.7 Å². The summed E-state index contributed by atoms with van der Waals surface area (Å²) in [7, 11) is 1.86. The van der Waals surface area contributed by atoms with Crippen LogP contribution in [-0.2, 0) is 18.3 Å². The van der Waals surface area contributed by atoms with Crippen molar-refractivity contribution in [1.29, 1.82) is 0 Å². The van der Waals surface area contributed by atoms with Gasteiger partial charge in [-0.3, -0.25) is 14.4 Å². The van der Waals surface area contributed by atoms with Crippen LogP contribution in [0.2, 0.25) is 0 Å². The van der Waals surface area contributed by atoms with Crippen LogP contribution in [-0.4, -0.2) is 57.1 Å². The molecule has 38 heavy (non-hydrogen) atoms. The van der Waals surface area contributed by atoms with Gasteiger partial charge >= 0.3 is 0 Å². The van der Waals surface area contributed by atoms with Gasteiger partial charge in [0, 0.05) is 54.9 Å². The van der Waals surface area contributed by atoms with E-state index in [1.54, 1.807) is 17.2 Å². The molecule has 2 aliphatic heterocycles. The van der Waals surface area contributed by atoms with Crippen molar-refractivity contribution in [2.24, 2.45) is 13.0 Å². The van der Waals surface area contributed by atoms with E-state index in [1.165, 1.54) is 12.1 Å². The van der Waals surface area contributed by atoms with Crippen LogP contribution in [0.15, 0.2) is 42.6 Å². The molecule has 0 bridgehead atoms. The van der Waals surface area contributed by atoms with E-state index in [4.69, 9.17) is 0 Å². The van der Waals surface area contributed by atoms with Crippen molar-refractivity contribution in [3.8, 4) is 0 Å². The van der Waals surface area contributed by atoms with Crippen LogP contribution in [0.1, 0.15) is 71.4 Å². The van der Waals surface area contributed by atoms with E-state index in [0.29, 0.717) is 42.1 Å². The average molecular weight is 518 g/mol. The van der Waals surface area contributed by atoms with Crippen LogP contribution in [0.5, 0.6) is 0 Å². The van der Waals surface area contributed by atoms with Crippen LogP contribution in [0.25, 0.3) is 10.9 Å². The van der Waals surface area contributed by atoms with Gasteiger partial charge in [0.05, 0.1) is 5.56 Å². The van der Waals surface area contributed by atoms with Gasteiger partial charge in [0.25, 0.3) is 17.6 Å². The van der Waals surface area contributed by atoms with Gasteiger partial charge in [-0.15, -0.1) is 0 Å². The zero-order chi connectivity index (χ0) is 27.2. The summed E-state index contributed by atoms with van der Waals surface area (Å²) in [4.78, 5) is 43.8. The number of ketones is 1. The van der Waals surface area contributed by atoms with Gasteiger partial charge in [-0.25, -0.2) is 4.39 Å². The van der Waals surface area contributed by atoms with Gasteiger partial charge in [-0.05, 0) is 94.2 Å². The second-order valence-electron chi connectivity index (χ2n) is 11.6. The van der Waals surface area contributed by atoms with Crippen molar-refractivity contribution in [1.82, 2.24) is 14.4 Å². The maximum Gasteiger partial charge on any atom is 0.295 e. The molecule has 7 heteroatoms. The summed E-state index contributed by atoms with van der Waals surface area (Å²) in [5, 5.41) is 0.642. The monoisotopic (exact) mass is 517 g/mol. The minimum absolute atomic E-state index is 0.0427. The molecule has 0 spiro atoms. The highest BCUT2D eigenvalue weighted by Crippen LogP contribution is 2.31. The Kier molecular flexibility index (Phi) is 6.88. The predicted molar refractivity (Wildman–Crippen MR) is 146 cm³/mol. The zero-order valence-corrected chi connectivity index (χ0v) is 22.7. The molecule has 3 aromatic rings. The van der Waals surface area contributed by atoms with Gasteiger partial charge in [0.2, 0.25) is 0 Å². The first-order valence-electron chi connectivity index (χ1n) is 13.5. The van der Waals surface area contributed by atoms with Crippen LogP contribution >= 0.6 is 0 Å². The second kappa shape index (κ2) is 10.0. The van der Waals surface area contributed by atoms with Crippen molar-refractivity contribution in [2.75, 3.05) is 19.6 Å². The summed E-state index contributed by atoms with van der Waals surface area (Å²) in [5.41, 5.74) is 3.38. The molecule has 6 nitrogen and oxygen atoms in total. The number of benzene rings is 2. The van der Waals surface area contributed by atoms with E-state index >= 15 is 0 Å². The fourth-order valence-electron chi connectivity index (χ4n) is 6.13. The van der Waals surface area contributed by atoms with E-state index in [2.05, 4.69) is 0 Å². The standard InChI is InChI=1S/C31H36FN3O3/c1-20-16-27-25(26(19-33(27)4)28(36)30(38)35-13-5-12-31(35,2)3)18-24(20)29(37)34-14-10-22(11-15-34)17-21-6-8-23(32)9-7-21/h6-9,16,18-19,22H,5,10-15,17H2,1-4H3. The summed E-state index contributed by atoms with van der Waals surface area (Å²) < 4.78 is 15.1. The molecular formula is C31H36FN3O3. The highest BCUT2D eigenvalue weighted by atomic mass is 19.1.